The van der Waals surface area contributed by atoms with Gasteiger partial charge in [0, 0.05) is 5.02 Å². The summed E-state index contributed by atoms with van der Waals surface area (Å²) in [7, 11) is 0. The lowest BCUT2D eigenvalue weighted by atomic mass is 10.2. The number of ether oxygens (including phenoxy) is 1. The molecule has 0 radical (unpaired) electrons. The van der Waals surface area contributed by atoms with Gasteiger partial charge in [0.25, 0.3) is 0 Å². The summed E-state index contributed by atoms with van der Waals surface area (Å²) in [6.07, 6.45) is 0. The van der Waals surface area contributed by atoms with Crippen LogP contribution in [0.15, 0.2) is 18.2 Å². The lowest BCUT2D eigenvalue weighted by Gasteiger charge is -2.19. The van der Waals surface area contributed by atoms with Gasteiger partial charge in [0.2, 0.25) is 0 Å². The molecular weight excluding hydrogens is 203 g/mol. The maximum Gasteiger partial charge on any atom is 0.123 e. The van der Waals surface area contributed by atoms with Crippen LogP contribution >= 0.6 is 11.6 Å². The maximum absolute atomic E-state index is 12.9. The summed E-state index contributed by atoms with van der Waals surface area (Å²) in [5.41, 5.74) is 0.442. The molecule has 0 unspecified atom stereocenters. The van der Waals surface area contributed by atoms with Crippen LogP contribution in [0.25, 0.3) is 0 Å². The zero-order valence-corrected chi connectivity index (χ0v) is 9.36. The first-order valence-electron chi connectivity index (χ1n) is 4.46. The Kier molecular flexibility index (Phi) is 3.51. The first kappa shape index (κ1) is 11.5. The Morgan fingerprint density at radius 3 is 2.57 bits per heavy atom. The van der Waals surface area contributed by atoms with Crippen molar-refractivity contribution in [3.05, 3.63) is 34.6 Å². The van der Waals surface area contributed by atoms with E-state index in [1.807, 2.05) is 20.8 Å². The summed E-state index contributed by atoms with van der Waals surface area (Å²) in [6, 6.07) is 4.27. The molecule has 1 nitrogen and oxygen atoms in total. The minimum atomic E-state index is -0.290. The van der Waals surface area contributed by atoms with E-state index in [2.05, 4.69) is 0 Å². The number of hydrogen-bond acceptors (Lipinski definition) is 1. The van der Waals surface area contributed by atoms with Crippen molar-refractivity contribution in [2.75, 3.05) is 0 Å². The number of rotatable bonds is 2. The average molecular weight is 217 g/mol. The summed E-state index contributed by atoms with van der Waals surface area (Å²) in [6.45, 7) is 6.17. The van der Waals surface area contributed by atoms with Crippen LogP contribution < -0.4 is 0 Å². The van der Waals surface area contributed by atoms with Crippen molar-refractivity contribution in [3.63, 3.8) is 0 Å². The van der Waals surface area contributed by atoms with Crippen molar-refractivity contribution in [1.82, 2.24) is 0 Å². The van der Waals surface area contributed by atoms with Crippen molar-refractivity contribution >= 4 is 11.6 Å². The summed E-state index contributed by atoms with van der Waals surface area (Å²) < 4.78 is 18.4. The van der Waals surface area contributed by atoms with Crippen LogP contribution in [0.2, 0.25) is 5.02 Å². The fourth-order valence-electron chi connectivity index (χ4n) is 0.948. The van der Waals surface area contributed by atoms with E-state index in [9.17, 15) is 4.39 Å². The highest BCUT2D eigenvalue weighted by Gasteiger charge is 2.11. The van der Waals surface area contributed by atoms with Gasteiger partial charge in [0.05, 0.1) is 12.2 Å². The van der Waals surface area contributed by atoms with E-state index in [-0.39, 0.29) is 11.4 Å². The molecule has 0 N–H and O–H groups in total. The second kappa shape index (κ2) is 4.28. The Bertz CT molecular complexity index is 318. The second-order valence-electron chi connectivity index (χ2n) is 4.14. The van der Waals surface area contributed by atoms with E-state index < -0.39 is 0 Å². The molecule has 3 heteroatoms. The minimum Gasteiger partial charge on any atom is -0.371 e. The Morgan fingerprint density at radius 2 is 2.00 bits per heavy atom. The Hall–Kier alpha value is -0.600. The normalized spacial score (nSPS) is 11.8. The summed E-state index contributed by atoms with van der Waals surface area (Å²) in [5, 5.41) is 0.538. The van der Waals surface area contributed by atoms with Gasteiger partial charge in [-0.1, -0.05) is 11.6 Å². The second-order valence-corrected chi connectivity index (χ2v) is 4.54. The third-order valence-corrected chi connectivity index (χ3v) is 2.04. The van der Waals surface area contributed by atoms with E-state index in [1.165, 1.54) is 18.2 Å². The fraction of sp³-hybridized carbons (Fsp3) is 0.455. The van der Waals surface area contributed by atoms with Crippen LogP contribution in [0.1, 0.15) is 26.3 Å². The first-order chi connectivity index (χ1) is 6.38. The largest absolute Gasteiger partial charge is 0.371 e. The highest BCUT2D eigenvalue weighted by Crippen LogP contribution is 2.20. The van der Waals surface area contributed by atoms with Gasteiger partial charge < -0.3 is 4.74 Å². The molecule has 0 atom stereocenters. The van der Waals surface area contributed by atoms with Crippen LogP contribution in [0, 0.1) is 5.82 Å². The van der Waals surface area contributed by atoms with Crippen LogP contribution in [-0.2, 0) is 11.3 Å². The molecule has 0 heterocycles. The topological polar surface area (TPSA) is 9.23 Å². The summed E-state index contributed by atoms with van der Waals surface area (Å²) in [5.74, 6) is -0.290. The smallest absolute Gasteiger partial charge is 0.123 e. The molecule has 0 saturated heterocycles. The maximum atomic E-state index is 12.9. The number of hydrogen-bond donors (Lipinski definition) is 0. The van der Waals surface area contributed by atoms with E-state index in [1.54, 1.807) is 0 Å². The molecule has 0 aromatic heterocycles. The third-order valence-electron chi connectivity index (χ3n) is 1.67. The standard InChI is InChI=1S/C11H14ClFO/c1-11(2,3)14-7-8-6-9(13)4-5-10(8)12/h4-6H,7H2,1-3H3. The molecule has 0 aliphatic carbocycles. The van der Waals surface area contributed by atoms with Gasteiger partial charge in [-0.3, -0.25) is 0 Å². The quantitative estimate of drug-likeness (QED) is 0.731. The van der Waals surface area contributed by atoms with Gasteiger partial charge in [-0.05, 0) is 44.5 Å². The Morgan fingerprint density at radius 1 is 1.36 bits per heavy atom. The molecular formula is C11H14ClFO. The van der Waals surface area contributed by atoms with E-state index in [0.717, 1.165) is 0 Å². The third kappa shape index (κ3) is 3.64. The monoisotopic (exact) mass is 216 g/mol. The van der Waals surface area contributed by atoms with Gasteiger partial charge in [0.1, 0.15) is 5.82 Å². The molecule has 0 bridgehead atoms. The molecule has 0 saturated carbocycles. The van der Waals surface area contributed by atoms with E-state index in [0.29, 0.717) is 17.2 Å². The van der Waals surface area contributed by atoms with Gasteiger partial charge >= 0.3 is 0 Å². The van der Waals surface area contributed by atoms with Crippen molar-refractivity contribution in [1.29, 1.82) is 0 Å². The van der Waals surface area contributed by atoms with Crippen LogP contribution in [0.4, 0.5) is 4.39 Å². The predicted octanol–water partition coefficient (Wildman–Crippen LogP) is 3.79. The fourth-order valence-corrected chi connectivity index (χ4v) is 1.12. The van der Waals surface area contributed by atoms with Gasteiger partial charge in [-0.2, -0.15) is 0 Å². The minimum absolute atomic E-state index is 0.240. The van der Waals surface area contributed by atoms with Crippen LogP contribution in [0.5, 0.6) is 0 Å². The summed E-state index contributed by atoms with van der Waals surface area (Å²) >= 11 is 5.88. The number of halogens is 2. The van der Waals surface area contributed by atoms with Crippen LogP contribution in [-0.4, -0.2) is 5.60 Å². The van der Waals surface area contributed by atoms with Crippen molar-refractivity contribution in [2.24, 2.45) is 0 Å². The Labute approximate surface area is 88.8 Å². The molecule has 78 valence electrons. The predicted molar refractivity (Wildman–Crippen MR) is 56.0 cm³/mol. The first-order valence-corrected chi connectivity index (χ1v) is 4.84. The SMILES string of the molecule is CC(C)(C)OCc1cc(F)ccc1Cl. The van der Waals surface area contributed by atoms with Gasteiger partial charge in [-0.25, -0.2) is 4.39 Å². The van der Waals surface area contributed by atoms with Crippen molar-refractivity contribution in [2.45, 2.75) is 33.0 Å². The lowest BCUT2D eigenvalue weighted by Crippen LogP contribution is -2.18. The lowest BCUT2D eigenvalue weighted by molar-refractivity contribution is -0.0150. The van der Waals surface area contributed by atoms with E-state index in [4.69, 9.17) is 16.3 Å². The molecule has 0 spiro atoms. The average Bonchev–Trinajstić information content (AvgIpc) is 2.05. The zero-order valence-electron chi connectivity index (χ0n) is 8.60. The highest BCUT2D eigenvalue weighted by molar-refractivity contribution is 6.31. The molecule has 0 fully saturated rings. The van der Waals surface area contributed by atoms with Crippen molar-refractivity contribution in [3.8, 4) is 0 Å². The molecule has 0 aliphatic rings. The van der Waals surface area contributed by atoms with E-state index >= 15 is 0 Å². The molecule has 1 aromatic carbocycles. The molecule has 1 aromatic rings. The van der Waals surface area contributed by atoms with Gasteiger partial charge in [0.15, 0.2) is 0 Å². The number of benzene rings is 1. The molecule has 14 heavy (non-hydrogen) atoms. The highest BCUT2D eigenvalue weighted by atomic mass is 35.5. The molecule has 1 rings (SSSR count). The molecule has 0 amide bonds. The van der Waals surface area contributed by atoms with Crippen molar-refractivity contribution < 1.29 is 9.13 Å². The Balaban J connectivity index is 2.72. The molecule has 0 aliphatic heterocycles. The summed E-state index contributed by atoms with van der Waals surface area (Å²) in [4.78, 5) is 0. The van der Waals surface area contributed by atoms with Crippen LogP contribution in [0.3, 0.4) is 0 Å². The van der Waals surface area contributed by atoms with Gasteiger partial charge in [-0.15, -0.1) is 0 Å². The zero-order chi connectivity index (χ0) is 10.8.